The van der Waals surface area contributed by atoms with E-state index in [0.717, 1.165) is 72.9 Å². The van der Waals surface area contributed by atoms with Crippen LogP contribution < -0.4 is 9.47 Å². The monoisotopic (exact) mass is 459 g/mol. The van der Waals surface area contributed by atoms with E-state index in [1.807, 2.05) is 55.1 Å². The molecule has 34 heavy (non-hydrogen) atoms. The Labute approximate surface area is 202 Å². The number of pyridine rings is 1. The lowest BCUT2D eigenvalue weighted by atomic mass is 10.0. The van der Waals surface area contributed by atoms with Gasteiger partial charge >= 0.3 is 0 Å². The van der Waals surface area contributed by atoms with Crippen LogP contribution in [0.2, 0.25) is 0 Å². The molecular weight excluding hydrogens is 426 g/mol. The maximum absolute atomic E-state index is 13.2. The Morgan fingerprint density at radius 1 is 0.971 bits per heavy atom. The summed E-state index contributed by atoms with van der Waals surface area (Å²) in [6.07, 6.45) is 4.55. The highest BCUT2D eigenvalue weighted by Crippen LogP contribution is 2.26. The van der Waals surface area contributed by atoms with E-state index in [2.05, 4.69) is 22.0 Å². The average Bonchev–Trinajstić information content (AvgIpc) is 2.87. The van der Waals surface area contributed by atoms with Crippen molar-refractivity contribution in [2.75, 3.05) is 39.8 Å². The van der Waals surface area contributed by atoms with Gasteiger partial charge in [0.1, 0.15) is 18.1 Å². The molecule has 3 aromatic rings. The molecule has 0 N–H and O–H groups in total. The highest BCUT2D eigenvalue weighted by Gasteiger charge is 2.23. The van der Waals surface area contributed by atoms with E-state index in [-0.39, 0.29) is 5.91 Å². The van der Waals surface area contributed by atoms with E-state index in [1.165, 1.54) is 5.56 Å². The van der Waals surface area contributed by atoms with E-state index >= 15 is 0 Å². The Hall–Kier alpha value is -3.38. The second-order valence-corrected chi connectivity index (χ2v) is 8.82. The lowest BCUT2D eigenvalue weighted by molar-refractivity contribution is 0.0638. The topological polar surface area (TPSA) is 54.9 Å². The smallest absolute Gasteiger partial charge is 0.253 e. The van der Waals surface area contributed by atoms with Crippen molar-refractivity contribution in [2.45, 2.75) is 26.9 Å². The molecule has 1 aliphatic heterocycles. The van der Waals surface area contributed by atoms with Gasteiger partial charge in [-0.05, 0) is 67.3 Å². The number of carbonyl (C=O) groups is 1. The van der Waals surface area contributed by atoms with Crippen LogP contribution in [0.25, 0.3) is 0 Å². The van der Waals surface area contributed by atoms with Crippen LogP contribution in [0.1, 0.15) is 32.6 Å². The van der Waals surface area contributed by atoms with Gasteiger partial charge in [-0.25, -0.2) is 0 Å². The Bertz CT molecular complexity index is 1070. The second kappa shape index (κ2) is 11.2. The maximum atomic E-state index is 13.2. The zero-order chi connectivity index (χ0) is 23.9. The van der Waals surface area contributed by atoms with Gasteiger partial charge < -0.3 is 14.4 Å². The number of piperazine rings is 1. The fourth-order valence-electron chi connectivity index (χ4n) is 4.38. The summed E-state index contributed by atoms with van der Waals surface area (Å²) in [7, 11) is 1.69. The summed E-state index contributed by atoms with van der Waals surface area (Å²) in [5.41, 5.74) is 5.01. The number of benzene rings is 2. The predicted molar refractivity (Wildman–Crippen MR) is 134 cm³/mol. The summed E-state index contributed by atoms with van der Waals surface area (Å²) < 4.78 is 11.3. The van der Waals surface area contributed by atoms with Crippen LogP contribution in [-0.2, 0) is 13.0 Å². The lowest BCUT2D eigenvalue weighted by Gasteiger charge is -2.35. The molecule has 2 aromatic carbocycles. The third kappa shape index (κ3) is 5.94. The van der Waals surface area contributed by atoms with Crippen molar-refractivity contribution in [3.8, 4) is 11.5 Å². The van der Waals surface area contributed by atoms with E-state index in [4.69, 9.17) is 9.47 Å². The van der Waals surface area contributed by atoms with Gasteiger partial charge in [-0.1, -0.05) is 18.2 Å². The summed E-state index contributed by atoms with van der Waals surface area (Å²) in [6, 6.07) is 16.0. The van der Waals surface area contributed by atoms with Gasteiger partial charge in [0, 0.05) is 56.2 Å². The predicted octanol–water partition coefficient (Wildman–Crippen LogP) is 4.29. The summed E-state index contributed by atoms with van der Waals surface area (Å²) >= 11 is 0. The molecule has 1 saturated heterocycles. The summed E-state index contributed by atoms with van der Waals surface area (Å²) in [5.74, 6) is 1.82. The van der Waals surface area contributed by atoms with Crippen LogP contribution in [0.15, 0.2) is 60.9 Å². The molecule has 1 aliphatic rings. The number of hydrogen-bond donors (Lipinski definition) is 0. The van der Waals surface area contributed by atoms with Gasteiger partial charge in [-0.2, -0.15) is 0 Å². The fraction of sp³-hybridized carbons (Fsp3) is 0.357. The van der Waals surface area contributed by atoms with Crippen molar-refractivity contribution in [3.05, 3.63) is 88.7 Å². The normalized spacial score (nSPS) is 14.1. The number of ether oxygens (including phenoxy) is 2. The summed E-state index contributed by atoms with van der Waals surface area (Å²) in [6.45, 7) is 8.74. The van der Waals surface area contributed by atoms with Crippen molar-refractivity contribution in [3.63, 3.8) is 0 Å². The Kier molecular flexibility index (Phi) is 7.80. The minimum absolute atomic E-state index is 0.0970. The van der Waals surface area contributed by atoms with Crippen LogP contribution in [0.4, 0.5) is 0 Å². The summed E-state index contributed by atoms with van der Waals surface area (Å²) in [5, 5.41) is 0. The Morgan fingerprint density at radius 3 is 2.29 bits per heavy atom. The lowest BCUT2D eigenvalue weighted by Crippen LogP contribution is -2.49. The highest BCUT2D eigenvalue weighted by atomic mass is 16.5. The van der Waals surface area contributed by atoms with Crippen molar-refractivity contribution in [2.24, 2.45) is 0 Å². The number of aryl methyl sites for hydroxylation is 2. The van der Waals surface area contributed by atoms with Crippen molar-refractivity contribution in [1.82, 2.24) is 14.8 Å². The van der Waals surface area contributed by atoms with E-state index in [1.54, 1.807) is 19.5 Å². The second-order valence-electron chi connectivity index (χ2n) is 8.82. The zero-order valence-corrected chi connectivity index (χ0v) is 20.3. The third-order valence-corrected chi connectivity index (χ3v) is 6.35. The molecule has 6 nitrogen and oxygen atoms in total. The molecule has 0 aliphatic carbocycles. The molecular formula is C28H33N3O3. The summed E-state index contributed by atoms with van der Waals surface area (Å²) in [4.78, 5) is 21.7. The van der Waals surface area contributed by atoms with Gasteiger partial charge in [0.15, 0.2) is 0 Å². The van der Waals surface area contributed by atoms with Crippen LogP contribution in [0.5, 0.6) is 11.5 Å². The number of rotatable bonds is 8. The fourth-order valence-corrected chi connectivity index (χ4v) is 4.38. The molecule has 178 valence electrons. The van der Waals surface area contributed by atoms with E-state index in [9.17, 15) is 4.79 Å². The van der Waals surface area contributed by atoms with E-state index in [0.29, 0.717) is 6.61 Å². The van der Waals surface area contributed by atoms with Crippen LogP contribution in [-0.4, -0.2) is 60.5 Å². The highest BCUT2D eigenvalue weighted by molar-refractivity contribution is 5.95. The number of hydrogen-bond acceptors (Lipinski definition) is 5. The number of carbonyl (C=O) groups excluding carboxylic acids is 1. The van der Waals surface area contributed by atoms with Gasteiger partial charge in [0.25, 0.3) is 5.91 Å². The first-order valence-corrected chi connectivity index (χ1v) is 11.8. The molecule has 2 heterocycles. The average molecular weight is 460 g/mol. The third-order valence-electron chi connectivity index (χ3n) is 6.35. The number of nitrogens with zero attached hydrogens (tertiary/aromatic N) is 3. The number of methoxy groups -OCH3 is 1. The Morgan fingerprint density at radius 2 is 1.68 bits per heavy atom. The van der Waals surface area contributed by atoms with Crippen LogP contribution in [0, 0.1) is 13.8 Å². The molecule has 1 amide bonds. The molecule has 0 bridgehead atoms. The molecule has 0 atom stereocenters. The van der Waals surface area contributed by atoms with E-state index < -0.39 is 0 Å². The quantitative estimate of drug-likeness (QED) is 0.503. The number of amides is 1. The van der Waals surface area contributed by atoms with Crippen molar-refractivity contribution in [1.29, 1.82) is 0 Å². The molecule has 0 radical (unpaired) electrons. The standard InChI is InChI=1S/C28H33N3O3/c1-21-17-25(18-22(2)27(21)34-20-24-5-4-11-29-19-24)28(32)31-15-13-30(14-16-31)12-10-23-6-8-26(33-3)9-7-23/h4-9,11,17-19H,10,12-16,20H2,1-3H3. The first-order valence-electron chi connectivity index (χ1n) is 11.8. The minimum atomic E-state index is 0.0970. The Balaban J connectivity index is 1.30. The van der Waals surface area contributed by atoms with Gasteiger partial charge in [-0.3, -0.25) is 14.7 Å². The molecule has 1 fully saturated rings. The molecule has 4 rings (SSSR count). The first kappa shape index (κ1) is 23.8. The zero-order valence-electron chi connectivity index (χ0n) is 20.3. The maximum Gasteiger partial charge on any atom is 0.253 e. The molecule has 6 heteroatoms. The first-order chi connectivity index (χ1) is 16.5. The largest absolute Gasteiger partial charge is 0.497 e. The van der Waals surface area contributed by atoms with Crippen LogP contribution in [0.3, 0.4) is 0 Å². The van der Waals surface area contributed by atoms with Gasteiger partial charge in [-0.15, -0.1) is 0 Å². The SMILES string of the molecule is COc1ccc(CCN2CCN(C(=O)c3cc(C)c(OCc4cccnc4)c(C)c3)CC2)cc1. The number of aromatic nitrogens is 1. The molecule has 0 saturated carbocycles. The van der Waals surface area contributed by atoms with Gasteiger partial charge in [0.05, 0.1) is 7.11 Å². The molecule has 0 spiro atoms. The van der Waals surface area contributed by atoms with Gasteiger partial charge in [0.2, 0.25) is 0 Å². The van der Waals surface area contributed by atoms with Crippen LogP contribution >= 0.6 is 0 Å². The molecule has 0 unspecified atom stereocenters. The molecule has 1 aromatic heterocycles. The van der Waals surface area contributed by atoms with Crippen molar-refractivity contribution >= 4 is 5.91 Å². The van der Waals surface area contributed by atoms with Crippen molar-refractivity contribution < 1.29 is 14.3 Å². The minimum Gasteiger partial charge on any atom is -0.497 e.